The molecule has 20 heavy (non-hydrogen) atoms. The van der Waals surface area contributed by atoms with E-state index in [1.54, 1.807) is 6.92 Å². The minimum absolute atomic E-state index is 0.145. The molecule has 1 unspecified atom stereocenters. The van der Waals surface area contributed by atoms with Crippen LogP contribution in [0.5, 0.6) is 0 Å². The zero-order chi connectivity index (χ0) is 15.5. The number of hydrogen-bond donors (Lipinski definition) is 2. The van der Waals surface area contributed by atoms with Crippen molar-refractivity contribution in [3.05, 3.63) is 29.1 Å². The molecule has 0 aliphatic heterocycles. The van der Waals surface area contributed by atoms with Crippen molar-refractivity contribution in [2.75, 3.05) is 13.7 Å². The number of primary sulfonamides is 1. The van der Waals surface area contributed by atoms with Crippen molar-refractivity contribution < 1.29 is 22.3 Å². The first kappa shape index (κ1) is 16.5. The van der Waals surface area contributed by atoms with Crippen molar-refractivity contribution >= 4 is 15.9 Å². The number of ether oxygens (including phenoxy) is 1. The molecule has 1 atom stereocenters. The monoisotopic (exact) mass is 304 g/mol. The molecule has 0 bridgehead atoms. The van der Waals surface area contributed by atoms with Crippen LogP contribution in [0.25, 0.3) is 0 Å². The maximum Gasteiger partial charge on any atom is 0.254 e. The first-order valence-corrected chi connectivity index (χ1v) is 7.35. The van der Waals surface area contributed by atoms with Gasteiger partial charge in [0.1, 0.15) is 5.82 Å². The van der Waals surface area contributed by atoms with Gasteiger partial charge in [0.25, 0.3) is 5.91 Å². The number of hydrogen-bond acceptors (Lipinski definition) is 4. The maximum atomic E-state index is 13.7. The molecule has 6 nitrogen and oxygen atoms in total. The molecule has 0 fully saturated rings. The van der Waals surface area contributed by atoms with Gasteiger partial charge in [-0.3, -0.25) is 4.79 Å². The van der Waals surface area contributed by atoms with Crippen molar-refractivity contribution in [2.24, 2.45) is 5.14 Å². The summed E-state index contributed by atoms with van der Waals surface area (Å²) in [6.45, 7) is 3.30. The van der Waals surface area contributed by atoms with Crippen LogP contribution in [0, 0.1) is 12.7 Å². The van der Waals surface area contributed by atoms with Crippen LogP contribution in [0.2, 0.25) is 0 Å². The Morgan fingerprint density at radius 1 is 1.50 bits per heavy atom. The molecule has 1 aromatic rings. The zero-order valence-corrected chi connectivity index (χ0v) is 12.3. The van der Waals surface area contributed by atoms with Gasteiger partial charge in [-0.2, -0.15) is 0 Å². The topological polar surface area (TPSA) is 98.5 Å². The van der Waals surface area contributed by atoms with Gasteiger partial charge in [0, 0.05) is 13.7 Å². The van der Waals surface area contributed by atoms with Crippen LogP contribution in [0.4, 0.5) is 4.39 Å². The van der Waals surface area contributed by atoms with Gasteiger partial charge in [-0.1, -0.05) is 0 Å². The molecule has 0 spiro atoms. The van der Waals surface area contributed by atoms with E-state index in [1.807, 2.05) is 0 Å². The summed E-state index contributed by atoms with van der Waals surface area (Å²) in [5.41, 5.74) is -0.227. The van der Waals surface area contributed by atoms with E-state index in [0.717, 1.165) is 12.1 Å². The van der Waals surface area contributed by atoms with Crippen molar-refractivity contribution in [2.45, 2.75) is 24.8 Å². The fourth-order valence-corrected chi connectivity index (χ4v) is 2.34. The number of methoxy groups -OCH3 is 1. The Balaban J connectivity index is 3.10. The largest absolute Gasteiger partial charge is 0.380 e. The summed E-state index contributed by atoms with van der Waals surface area (Å²) in [6, 6.07) is 1.90. The highest BCUT2D eigenvalue weighted by Crippen LogP contribution is 2.19. The first-order valence-electron chi connectivity index (χ1n) is 5.80. The average Bonchev–Trinajstić information content (AvgIpc) is 2.33. The SMILES string of the molecule is COC(C)CNC(=O)c1cc(S(N)(=O)=O)c(C)cc1F. The van der Waals surface area contributed by atoms with Gasteiger partial charge in [0.2, 0.25) is 10.0 Å². The summed E-state index contributed by atoms with van der Waals surface area (Å²) in [5, 5.41) is 7.47. The average molecular weight is 304 g/mol. The number of carbonyl (C=O) groups is 1. The molecule has 0 aliphatic rings. The molecule has 112 valence electrons. The van der Waals surface area contributed by atoms with Crippen molar-refractivity contribution in [3.8, 4) is 0 Å². The third kappa shape index (κ3) is 3.99. The number of rotatable bonds is 5. The summed E-state index contributed by atoms with van der Waals surface area (Å²) in [7, 11) is -2.54. The number of nitrogens with two attached hydrogens (primary N) is 1. The third-order valence-electron chi connectivity index (χ3n) is 2.77. The molecule has 1 aromatic carbocycles. The lowest BCUT2D eigenvalue weighted by Crippen LogP contribution is -2.32. The predicted molar refractivity (Wildman–Crippen MR) is 71.3 cm³/mol. The standard InChI is InChI=1S/C12H17FN2O4S/c1-7-4-10(13)9(5-11(7)20(14,17)18)12(16)15-6-8(2)19-3/h4-5,8H,6H2,1-3H3,(H,15,16)(H2,14,17,18). The summed E-state index contributed by atoms with van der Waals surface area (Å²) < 4.78 is 41.4. The summed E-state index contributed by atoms with van der Waals surface area (Å²) in [4.78, 5) is 11.6. The Kier molecular flexibility index (Phi) is 5.21. The molecule has 1 amide bonds. The van der Waals surface area contributed by atoms with Crippen LogP contribution in [-0.4, -0.2) is 34.1 Å². The van der Waals surface area contributed by atoms with Gasteiger partial charge < -0.3 is 10.1 Å². The zero-order valence-electron chi connectivity index (χ0n) is 11.4. The second kappa shape index (κ2) is 6.29. The molecule has 0 aliphatic carbocycles. The molecule has 0 saturated carbocycles. The second-order valence-electron chi connectivity index (χ2n) is 4.40. The summed E-state index contributed by atoms with van der Waals surface area (Å²) >= 11 is 0. The number of halogens is 1. The van der Waals surface area contributed by atoms with Crippen LogP contribution in [0.3, 0.4) is 0 Å². The molecule has 1 rings (SSSR count). The molecule has 8 heteroatoms. The number of benzene rings is 1. The first-order chi connectivity index (χ1) is 9.16. The van der Waals surface area contributed by atoms with Gasteiger partial charge in [-0.05, 0) is 31.5 Å². The number of carbonyl (C=O) groups excluding carboxylic acids is 1. The smallest absolute Gasteiger partial charge is 0.254 e. The van der Waals surface area contributed by atoms with Gasteiger partial charge >= 0.3 is 0 Å². The number of sulfonamides is 1. The molecule has 0 radical (unpaired) electrons. The maximum absolute atomic E-state index is 13.7. The molecule has 3 N–H and O–H groups in total. The second-order valence-corrected chi connectivity index (χ2v) is 5.93. The Morgan fingerprint density at radius 2 is 2.10 bits per heavy atom. The lowest BCUT2D eigenvalue weighted by Gasteiger charge is -2.12. The number of nitrogens with one attached hydrogen (secondary N) is 1. The van der Waals surface area contributed by atoms with E-state index >= 15 is 0 Å². The normalized spacial score (nSPS) is 13.1. The van der Waals surface area contributed by atoms with Gasteiger partial charge in [0.15, 0.2) is 0 Å². The molecule has 0 aromatic heterocycles. The Labute approximate surface area is 117 Å². The third-order valence-corrected chi connectivity index (χ3v) is 3.82. The van der Waals surface area contributed by atoms with Gasteiger partial charge in [-0.15, -0.1) is 0 Å². The van der Waals surface area contributed by atoms with E-state index in [0.29, 0.717) is 0 Å². The van der Waals surface area contributed by atoms with E-state index in [4.69, 9.17) is 9.88 Å². The highest BCUT2D eigenvalue weighted by Gasteiger charge is 2.19. The van der Waals surface area contributed by atoms with Crippen molar-refractivity contribution in [1.82, 2.24) is 5.32 Å². The van der Waals surface area contributed by atoms with Crippen LogP contribution < -0.4 is 10.5 Å². The molecular weight excluding hydrogens is 287 g/mol. The lowest BCUT2D eigenvalue weighted by molar-refractivity contribution is 0.0866. The fraction of sp³-hybridized carbons (Fsp3) is 0.417. The van der Waals surface area contributed by atoms with E-state index in [9.17, 15) is 17.6 Å². The minimum atomic E-state index is -4.01. The van der Waals surface area contributed by atoms with E-state index in [2.05, 4.69) is 5.32 Å². The van der Waals surface area contributed by atoms with Crippen molar-refractivity contribution in [1.29, 1.82) is 0 Å². The van der Waals surface area contributed by atoms with Crippen molar-refractivity contribution in [3.63, 3.8) is 0 Å². The molecular formula is C12H17FN2O4S. The molecule has 0 saturated heterocycles. The van der Waals surface area contributed by atoms with E-state index in [-0.39, 0.29) is 28.7 Å². The molecule has 0 heterocycles. The highest BCUT2D eigenvalue weighted by atomic mass is 32.2. The lowest BCUT2D eigenvalue weighted by atomic mass is 10.1. The Hall–Kier alpha value is -1.51. The van der Waals surface area contributed by atoms with Gasteiger partial charge in [-0.25, -0.2) is 17.9 Å². The fourth-order valence-electron chi connectivity index (χ4n) is 1.55. The van der Waals surface area contributed by atoms with E-state index < -0.39 is 21.7 Å². The Bertz CT molecular complexity index is 616. The highest BCUT2D eigenvalue weighted by molar-refractivity contribution is 7.89. The summed E-state index contributed by atoms with van der Waals surface area (Å²) in [5.74, 6) is -1.53. The van der Waals surface area contributed by atoms with Crippen LogP contribution in [-0.2, 0) is 14.8 Å². The number of aryl methyl sites for hydroxylation is 1. The van der Waals surface area contributed by atoms with Crippen LogP contribution in [0.15, 0.2) is 17.0 Å². The predicted octanol–water partition coefficient (Wildman–Crippen LogP) is 0.546. The number of amides is 1. The quantitative estimate of drug-likeness (QED) is 0.829. The van der Waals surface area contributed by atoms with Crippen LogP contribution in [0.1, 0.15) is 22.8 Å². The Morgan fingerprint density at radius 3 is 2.60 bits per heavy atom. The van der Waals surface area contributed by atoms with Gasteiger partial charge in [0.05, 0.1) is 16.6 Å². The van der Waals surface area contributed by atoms with Crippen LogP contribution >= 0.6 is 0 Å². The summed E-state index contributed by atoms with van der Waals surface area (Å²) in [6.07, 6.45) is -0.245. The van der Waals surface area contributed by atoms with E-state index in [1.165, 1.54) is 14.0 Å². The minimum Gasteiger partial charge on any atom is -0.380 e.